The van der Waals surface area contributed by atoms with Crippen LogP contribution >= 0.6 is 0 Å². The van der Waals surface area contributed by atoms with E-state index in [1.807, 2.05) is 0 Å². The summed E-state index contributed by atoms with van der Waals surface area (Å²) in [6.07, 6.45) is 1.14. The van der Waals surface area contributed by atoms with Crippen LogP contribution in [0.4, 0.5) is 0 Å². The maximum atomic E-state index is 4.59. The molecular formula is C13H19N3. The van der Waals surface area contributed by atoms with E-state index in [9.17, 15) is 0 Å². The van der Waals surface area contributed by atoms with Crippen molar-refractivity contribution < 1.29 is 0 Å². The second-order valence-electron chi connectivity index (χ2n) is 4.32. The van der Waals surface area contributed by atoms with E-state index in [4.69, 9.17) is 0 Å². The van der Waals surface area contributed by atoms with Crippen LogP contribution in [-0.2, 0) is 0 Å². The SMILES string of the molecule is CCCNC(C)c1nc2ccc(C)cc2[nH]1. The Morgan fingerprint density at radius 2 is 2.25 bits per heavy atom. The number of rotatable bonds is 4. The molecule has 1 heterocycles. The van der Waals surface area contributed by atoms with Crippen molar-refractivity contribution in [1.29, 1.82) is 0 Å². The van der Waals surface area contributed by atoms with Crippen molar-refractivity contribution in [3.63, 3.8) is 0 Å². The number of H-pyrrole nitrogens is 1. The van der Waals surface area contributed by atoms with Crippen molar-refractivity contribution in [3.8, 4) is 0 Å². The maximum Gasteiger partial charge on any atom is 0.124 e. The molecule has 3 heteroatoms. The van der Waals surface area contributed by atoms with E-state index in [2.05, 4.69) is 54.3 Å². The van der Waals surface area contributed by atoms with Crippen LogP contribution in [-0.4, -0.2) is 16.5 Å². The van der Waals surface area contributed by atoms with Crippen LogP contribution < -0.4 is 5.32 Å². The molecule has 1 atom stereocenters. The number of benzene rings is 1. The van der Waals surface area contributed by atoms with Crippen molar-refractivity contribution in [3.05, 3.63) is 29.6 Å². The first kappa shape index (κ1) is 11.1. The third-order valence-electron chi connectivity index (χ3n) is 2.77. The summed E-state index contributed by atoms with van der Waals surface area (Å²) < 4.78 is 0. The van der Waals surface area contributed by atoms with Gasteiger partial charge in [-0.15, -0.1) is 0 Å². The summed E-state index contributed by atoms with van der Waals surface area (Å²) in [5.74, 6) is 1.02. The van der Waals surface area contributed by atoms with Gasteiger partial charge in [-0.05, 0) is 44.5 Å². The van der Waals surface area contributed by atoms with Crippen molar-refractivity contribution in [2.75, 3.05) is 6.54 Å². The highest BCUT2D eigenvalue weighted by Gasteiger charge is 2.09. The van der Waals surface area contributed by atoms with E-state index in [0.29, 0.717) is 0 Å². The molecule has 0 aliphatic carbocycles. The summed E-state index contributed by atoms with van der Waals surface area (Å²) in [5.41, 5.74) is 3.43. The van der Waals surface area contributed by atoms with Gasteiger partial charge in [-0.3, -0.25) is 0 Å². The van der Waals surface area contributed by atoms with Gasteiger partial charge in [0.15, 0.2) is 0 Å². The molecule has 0 saturated heterocycles. The molecule has 2 N–H and O–H groups in total. The van der Waals surface area contributed by atoms with Crippen molar-refractivity contribution in [2.45, 2.75) is 33.2 Å². The van der Waals surface area contributed by atoms with Crippen LogP contribution in [0.25, 0.3) is 11.0 Å². The quantitative estimate of drug-likeness (QED) is 0.826. The lowest BCUT2D eigenvalue weighted by molar-refractivity contribution is 0.550. The molecule has 0 spiro atoms. The first-order chi connectivity index (χ1) is 7.70. The minimum atomic E-state index is 0.285. The fourth-order valence-electron chi connectivity index (χ4n) is 1.81. The van der Waals surface area contributed by atoms with Gasteiger partial charge in [-0.1, -0.05) is 13.0 Å². The molecule has 1 aromatic heterocycles. The average molecular weight is 217 g/mol. The summed E-state index contributed by atoms with van der Waals surface area (Å²) in [6, 6.07) is 6.58. The number of aromatic nitrogens is 2. The minimum Gasteiger partial charge on any atom is -0.341 e. The number of fused-ring (bicyclic) bond motifs is 1. The third kappa shape index (κ3) is 2.25. The predicted octanol–water partition coefficient (Wildman–Crippen LogP) is 2.93. The summed E-state index contributed by atoms with van der Waals surface area (Å²) in [4.78, 5) is 7.96. The molecule has 2 rings (SSSR count). The molecule has 0 radical (unpaired) electrons. The molecule has 0 saturated carbocycles. The summed E-state index contributed by atoms with van der Waals surface area (Å²) in [5, 5.41) is 3.43. The lowest BCUT2D eigenvalue weighted by atomic mass is 10.2. The normalized spacial score (nSPS) is 13.2. The highest BCUT2D eigenvalue weighted by molar-refractivity contribution is 5.75. The lowest BCUT2D eigenvalue weighted by Gasteiger charge is -2.09. The average Bonchev–Trinajstić information content (AvgIpc) is 2.68. The monoisotopic (exact) mass is 217 g/mol. The zero-order valence-corrected chi connectivity index (χ0v) is 10.2. The molecule has 86 valence electrons. The lowest BCUT2D eigenvalue weighted by Crippen LogP contribution is -2.20. The van der Waals surface area contributed by atoms with E-state index >= 15 is 0 Å². The zero-order valence-electron chi connectivity index (χ0n) is 10.2. The Morgan fingerprint density at radius 1 is 1.44 bits per heavy atom. The number of aromatic amines is 1. The molecule has 1 aromatic carbocycles. The molecule has 0 aliphatic rings. The van der Waals surface area contributed by atoms with Gasteiger partial charge in [-0.2, -0.15) is 0 Å². The molecular weight excluding hydrogens is 198 g/mol. The predicted molar refractivity (Wildman–Crippen MR) is 67.5 cm³/mol. The van der Waals surface area contributed by atoms with Crippen LogP contribution in [0.1, 0.15) is 37.7 Å². The van der Waals surface area contributed by atoms with Gasteiger partial charge in [-0.25, -0.2) is 4.98 Å². The standard InChI is InChI=1S/C13H19N3/c1-4-7-14-10(3)13-15-11-6-5-9(2)8-12(11)16-13/h5-6,8,10,14H,4,7H2,1-3H3,(H,15,16). The van der Waals surface area contributed by atoms with Gasteiger partial charge in [0.2, 0.25) is 0 Å². The second kappa shape index (κ2) is 4.66. The van der Waals surface area contributed by atoms with Crippen molar-refractivity contribution in [2.24, 2.45) is 0 Å². The minimum absolute atomic E-state index is 0.285. The van der Waals surface area contributed by atoms with Gasteiger partial charge < -0.3 is 10.3 Å². The van der Waals surface area contributed by atoms with E-state index < -0.39 is 0 Å². The van der Waals surface area contributed by atoms with Crippen LogP contribution in [0.3, 0.4) is 0 Å². The van der Waals surface area contributed by atoms with E-state index in [0.717, 1.165) is 29.8 Å². The first-order valence-corrected chi connectivity index (χ1v) is 5.90. The van der Waals surface area contributed by atoms with E-state index in [-0.39, 0.29) is 6.04 Å². The second-order valence-corrected chi connectivity index (χ2v) is 4.32. The fraction of sp³-hybridized carbons (Fsp3) is 0.462. The molecule has 16 heavy (non-hydrogen) atoms. The highest BCUT2D eigenvalue weighted by Crippen LogP contribution is 2.16. The molecule has 3 nitrogen and oxygen atoms in total. The summed E-state index contributed by atoms with van der Waals surface area (Å²) in [7, 11) is 0. The Bertz CT molecular complexity index is 473. The van der Waals surface area contributed by atoms with Gasteiger partial charge >= 0.3 is 0 Å². The molecule has 0 amide bonds. The van der Waals surface area contributed by atoms with E-state index in [1.54, 1.807) is 0 Å². The van der Waals surface area contributed by atoms with Crippen molar-refractivity contribution >= 4 is 11.0 Å². The molecule has 0 bridgehead atoms. The Kier molecular flexibility index (Phi) is 3.25. The number of hydrogen-bond acceptors (Lipinski definition) is 2. The maximum absolute atomic E-state index is 4.59. The van der Waals surface area contributed by atoms with Gasteiger partial charge in [0.05, 0.1) is 17.1 Å². The third-order valence-corrected chi connectivity index (χ3v) is 2.77. The zero-order chi connectivity index (χ0) is 11.5. The smallest absolute Gasteiger partial charge is 0.124 e. The molecule has 0 fully saturated rings. The number of nitrogens with one attached hydrogen (secondary N) is 2. The van der Waals surface area contributed by atoms with Crippen LogP contribution in [0.5, 0.6) is 0 Å². The topological polar surface area (TPSA) is 40.7 Å². The largest absolute Gasteiger partial charge is 0.341 e. The highest BCUT2D eigenvalue weighted by atomic mass is 15.0. The van der Waals surface area contributed by atoms with Crippen LogP contribution in [0.15, 0.2) is 18.2 Å². The number of nitrogens with zero attached hydrogens (tertiary/aromatic N) is 1. The Labute approximate surface area is 96.3 Å². The van der Waals surface area contributed by atoms with Crippen LogP contribution in [0, 0.1) is 6.92 Å². The Hall–Kier alpha value is -1.35. The van der Waals surface area contributed by atoms with Crippen LogP contribution in [0.2, 0.25) is 0 Å². The van der Waals surface area contributed by atoms with Gasteiger partial charge in [0.1, 0.15) is 5.82 Å². The fourth-order valence-corrected chi connectivity index (χ4v) is 1.81. The summed E-state index contributed by atoms with van der Waals surface area (Å²) in [6.45, 7) is 7.43. The van der Waals surface area contributed by atoms with Gasteiger partial charge in [0.25, 0.3) is 0 Å². The van der Waals surface area contributed by atoms with Crippen molar-refractivity contribution in [1.82, 2.24) is 15.3 Å². The molecule has 0 aliphatic heterocycles. The summed E-state index contributed by atoms with van der Waals surface area (Å²) >= 11 is 0. The molecule has 1 unspecified atom stereocenters. The Balaban J connectivity index is 2.25. The first-order valence-electron chi connectivity index (χ1n) is 5.90. The molecule has 2 aromatic rings. The van der Waals surface area contributed by atoms with Gasteiger partial charge in [0, 0.05) is 0 Å². The number of aryl methyl sites for hydroxylation is 1. The number of imidazole rings is 1. The van der Waals surface area contributed by atoms with E-state index in [1.165, 1.54) is 5.56 Å². The number of hydrogen-bond donors (Lipinski definition) is 2. The Morgan fingerprint density at radius 3 is 3.00 bits per heavy atom.